The number of nitrogens with one attached hydrogen (secondary N) is 1. The highest BCUT2D eigenvalue weighted by molar-refractivity contribution is 5.73. The average Bonchev–Trinajstić information content (AvgIpc) is 2.49. The molecule has 1 N–H and O–H groups in total. The van der Waals surface area contributed by atoms with Gasteiger partial charge in [0.15, 0.2) is 0 Å². The van der Waals surface area contributed by atoms with E-state index in [1.54, 1.807) is 11.1 Å². The van der Waals surface area contributed by atoms with Crippen LogP contribution in [0.15, 0.2) is 24.4 Å². The van der Waals surface area contributed by atoms with E-state index >= 15 is 0 Å². The van der Waals surface area contributed by atoms with Gasteiger partial charge in [0.1, 0.15) is 0 Å². The van der Waals surface area contributed by atoms with Crippen LogP contribution < -0.4 is 5.32 Å². The molecule has 110 valence electrons. The SMILES string of the molecule is CN(CC1CCCCO1)C(=O)NCCc1ccccn1. The largest absolute Gasteiger partial charge is 0.376 e. The van der Waals surface area contributed by atoms with E-state index in [1.807, 2.05) is 25.2 Å². The van der Waals surface area contributed by atoms with Crippen LogP contribution in [-0.4, -0.2) is 48.8 Å². The number of likely N-dealkylation sites (N-methyl/N-ethyl adjacent to an activating group) is 1. The zero-order valence-electron chi connectivity index (χ0n) is 12.0. The molecule has 0 bridgehead atoms. The summed E-state index contributed by atoms with van der Waals surface area (Å²) in [4.78, 5) is 17.9. The molecular formula is C15H23N3O2. The van der Waals surface area contributed by atoms with E-state index in [0.717, 1.165) is 31.6 Å². The standard InChI is InChI=1S/C15H23N3O2/c1-18(12-14-7-3-5-11-20-14)15(19)17-10-8-13-6-2-4-9-16-13/h2,4,6,9,14H,3,5,7-8,10-12H2,1H3,(H,17,19). The number of carbonyl (C=O) groups excluding carboxylic acids is 1. The van der Waals surface area contributed by atoms with Crippen LogP contribution in [0.4, 0.5) is 4.79 Å². The van der Waals surface area contributed by atoms with Gasteiger partial charge in [0, 0.05) is 45.1 Å². The molecule has 1 atom stereocenters. The lowest BCUT2D eigenvalue weighted by molar-refractivity contribution is 0.00388. The molecule has 2 rings (SSSR count). The van der Waals surface area contributed by atoms with E-state index in [-0.39, 0.29) is 12.1 Å². The minimum atomic E-state index is -0.0462. The zero-order chi connectivity index (χ0) is 14.2. The average molecular weight is 277 g/mol. The van der Waals surface area contributed by atoms with Gasteiger partial charge in [-0.3, -0.25) is 4.98 Å². The van der Waals surface area contributed by atoms with E-state index in [2.05, 4.69) is 10.3 Å². The topological polar surface area (TPSA) is 54.5 Å². The minimum absolute atomic E-state index is 0.0462. The van der Waals surface area contributed by atoms with Crippen LogP contribution in [0.1, 0.15) is 25.0 Å². The van der Waals surface area contributed by atoms with Crippen molar-refractivity contribution in [3.63, 3.8) is 0 Å². The first-order valence-electron chi connectivity index (χ1n) is 7.26. The molecule has 1 aliphatic rings. The Bertz CT molecular complexity index is 405. The molecule has 0 saturated carbocycles. The molecule has 0 spiro atoms. The first-order chi connectivity index (χ1) is 9.75. The molecule has 2 heterocycles. The number of hydrogen-bond donors (Lipinski definition) is 1. The number of urea groups is 1. The monoisotopic (exact) mass is 277 g/mol. The Morgan fingerprint density at radius 2 is 2.40 bits per heavy atom. The highest BCUT2D eigenvalue weighted by Gasteiger charge is 2.18. The molecule has 1 saturated heterocycles. The number of hydrogen-bond acceptors (Lipinski definition) is 3. The quantitative estimate of drug-likeness (QED) is 0.893. The summed E-state index contributed by atoms with van der Waals surface area (Å²) >= 11 is 0. The molecule has 1 aromatic rings. The Hall–Kier alpha value is -1.62. The minimum Gasteiger partial charge on any atom is -0.376 e. The van der Waals surface area contributed by atoms with Gasteiger partial charge >= 0.3 is 6.03 Å². The van der Waals surface area contributed by atoms with Crippen molar-refractivity contribution in [3.8, 4) is 0 Å². The van der Waals surface area contributed by atoms with Gasteiger partial charge in [-0.15, -0.1) is 0 Å². The lowest BCUT2D eigenvalue weighted by Gasteiger charge is -2.27. The molecule has 1 aliphatic heterocycles. The van der Waals surface area contributed by atoms with Crippen molar-refractivity contribution in [1.29, 1.82) is 0 Å². The molecule has 20 heavy (non-hydrogen) atoms. The maximum absolute atomic E-state index is 11.9. The summed E-state index contributed by atoms with van der Waals surface area (Å²) in [5, 5.41) is 2.91. The second kappa shape index (κ2) is 7.85. The summed E-state index contributed by atoms with van der Waals surface area (Å²) in [6.07, 6.45) is 6.08. The molecule has 1 aromatic heterocycles. The Morgan fingerprint density at radius 1 is 1.50 bits per heavy atom. The van der Waals surface area contributed by atoms with Crippen molar-refractivity contribution in [2.24, 2.45) is 0 Å². The van der Waals surface area contributed by atoms with Crippen LogP contribution >= 0.6 is 0 Å². The third-order valence-electron chi connectivity index (χ3n) is 3.48. The summed E-state index contributed by atoms with van der Waals surface area (Å²) < 4.78 is 5.64. The van der Waals surface area contributed by atoms with Gasteiger partial charge in [0.25, 0.3) is 0 Å². The number of carbonyl (C=O) groups is 1. The first kappa shape index (κ1) is 14.8. The molecule has 1 unspecified atom stereocenters. The Labute approximate surface area is 120 Å². The van der Waals surface area contributed by atoms with Crippen molar-refractivity contribution < 1.29 is 9.53 Å². The molecular weight excluding hydrogens is 254 g/mol. The fraction of sp³-hybridized carbons (Fsp3) is 0.600. The second-order valence-electron chi connectivity index (χ2n) is 5.17. The third kappa shape index (κ3) is 4.81. The number of aromatic nitrogens is 1. The molecule has 5 heteroatoms. The predicted molar refractivity (Wildman–Crippen MR) is 77.6 cm³/mol. The zero-order valence-corrected chi connectivity index (χ0v) is 12.0. The molecule has 0 radical (unpaired) electrons. The van der Waals surface area contributed by atoms with Gasteiger partial charge in [0.2, 0.25) is 0 Å². The summed E-state index contributed by atoms with van der Waals surface area (Å²) in [5.41, 5.74) is 0.992. The van der Waals surface area contributed by atoms with Gasteiger partial charge in [-0.25, -0.2) is 4.79 Å². The predicted octanol–water partition coefficient (Wildman–Crippen LogP) is 1.83. The van der Waals surface area contributed by atoms with Crippen molar-refractivity contribution in [1.82, 2.24) is 15.2 Å². The molecule has 0 aromatic carbocycles. The number of amides is 2. The highest BCUT2D eigenvalue weighted by Crippen LogP contribution is 2.13. The van der Waals surface area contributed by atoms with Crippen molar-refractivity contribution in [2.75, 3.05) is 26.7 Å². The summed E-state index contributed by atoms with van der Waals surface area (Å²) in [6.45, 7) is 2.08. The lowest BCUT2D eigenvalue weighted by Crippen LogP contribution is -2.43. The smallest absolute Gasteiger partial charge is 0.317 e. The molecule has 2 amide bonds. The van der Waals surface area contributed by atoms with Crippen molar-refractivity contribution >= 4 is 6.03 Å². The first-order valence-corrected chi connectivity index (χ1v) is 7.26. The van der Waals surface area contributed by atoms with Gasteiger partial charge in [0.05, 0.1) is 6.10 Å². The number of nitrogens with zero attached hydrogens (tertiary/aromatic N) is 2. The van der Waals surface area contributed by atoms with E-state index in [9.17, 15) is 4.79 Å². The Morgan fingerprint density at radius 3 is 3.10 bits per heavy atom. The summed E-state index contributed by atoms with van der Waals surface area (Å²) in [5.74, 6) is 0. The summed E-state index contributed by atoms with van der Waals surface area (Å²) in [6, 6.07) is 5.76. The maximum atomic E-state index is 11.9. The van der Waals surface area contributed by atoms with E-state index in [1.165, 1.54) is 6.42 Å². The Kier molecular flexibility index (Phi) is 5.80. The molecule has 5 nitrogen and oxygen atoms in total. The van der Waals surface area contributed by atoms with Crippen LogP contribution in [0, 0.1) is 0 Å². The van der Waals surface area contributed by atoms with E-state index in [4.69, 9.17) is 4.74 Å². The van der Waals surface area contributed by atoms with Crippen LogP contribution in [0.2, 0.25) is 0 Å². The number of rotatable bonds is 5. The normalized spacial score (nSPS) is 18.6. The van der Waals surface area contributed by atoms with Crippen LogP contribution in [-0.2, 0) is 11.2 Å². The second-order valence-corrected chi connectivity index (χ2v) is 5.17. The van der Waals surface area contributed by atoms with E-state index in [0.29, 0.717) is 13.1 Å². The molecule has 0 aliphatic carbocycles. The van der Waals surface area contributed by atoms with Crippen LogP contribution in [0.5, 0.6) is 0 Å². The molecule has 1 fully saturated rings. The van der Waals surface area contributed by atoms with Crippen molar-refractivity contribution in [3.05, 3.63) is 30.1 Å². The van der Waals surface area contributed by atoms with Crippen LogP contribution in [0.3, 0.4) is 0 Å². The van der Waals surface area contributed by atoms with E-state index < -0.39 is 0 Å². The van der Waals surface area contributed by atoms with Crippen molar-refractivity contribution in [2.45, 2.75) is 31.8 Å². The fourth-order valence-corrected chi connectivity index (χ4v) is 2.32. The lowest BCUT2D eigenvalue weighted by atomic mass is 10.1. The van der Waals surface area contributed by atoms with Gasteiger partial charge < -0.3 is 15.0 Å². The fourth-order valence-electron chi connectivity index (χ4n) is 2.32. The maximum Gasteiger partial charge on any atom is 0.317 e. The number of pyridine rings is 1. The Balaban J connectivity index is 1.65. The third-order valence-corrected chi connectivity index (χ3v) is 3.48. The number of ether oxygens (including phenoxy) is 1. The van der Waals surface area contributed by atoms with Crippen LogP contribution in [0.25, 0.3) is 0 Å². The highest BCUT2D eigenvalue weighted by atomic mass is 16.5. The van der Waals surface area contributed by atoms with Gasteiger partial charge in [-0.1, -0.05) is 6.07 Å². The van der Waals surface area contributed by atoms with Gasteiger partial charge in [-0.2, -0.15) is 0 Å². The van der Waals surface area contributed by atoms with Gasteiger partial charge in [-0.05, 0) is 31.4 Å². The summed E-state index contributed by atoms with van der Waals surface area (Å²) in [7, 11) is 1.81.